The molecular weight excluding hydrogens is 292 g/mol. The van der Waals surface area contributed by atoms with Crippen molar-refractivity contribution in [3.63, 3.8) is 0 Å². The Hall–Kier alpha value is -1.31. The van der Waals surface area contributed by atoms with Crippen molar-refractivity contribution in [2.45, 2.75) is 6.04 Å². The average molecular weight is 307 g/mol. The third-order valence-corrected chi connectivity index (χ3v) is 3.59. The van der Waals surface area contributed by atoms with Crippen LogP contribution in [0, 0.1) is 0 Å². The fourth-order valence-corrected chi connectivity index (χ4v) is 2.60. The maximum absolute atomic E-state index is 11.2. The van der Waals surface area contributed by atoms with Crippen LogP contribution in [0.25, 0.3) is 0 Å². The number of nitrogens with zero attached hydrogens (tertiary/aromatic N) is 1. The third-order valence-electron chi connectivity index (χ3n) is 2.30. The quantitative estimate of drug-likeness (QED) is 0.851. The van der Waals surface area contributed by atoms with Gasteiger partial charge in [-0.05, 0) is 24.3 Å². The lowest BCUT2D eigenvalue weighted by Crippen LogP contribution is -2.44. The Morgan fingerprint density at radius 2 is 1.95 bits per heavy atom. The van der Waals surface area contributed by atoms with E-state index >= 15 is 0 Å². The lowest BCUT2D eigenvalue weighted by molar-refractivity contribution is 0.201. The monoisotopic (exact) mass is 306 g/mol. The molecule has 3 N–H and O–H groups in total. The number of anilines is 1. The summed E-state index contributed by atoms with van der Waals surface area (Å²) in [5.74, 6) is -0.273. The largest absolute Gasteiger partial charge is 0.465 e. The topological polar surface area (TPSA) is 101 Å². The summed E-state index contributed by atoms with van der Waals surface area (Å²) in [6, 6.07) is 5.37. The van der Waals surface area contributed by atoms with Crippen molar-refractivity contribution in [1.82, 2.24) is 0 Å². The zero-order valence-electron chi connectivity index (χ0n) is 10.3. The highest BCUT2D eigenvalue weighted by atomic mass is 35.5. The molecule has 1 aromatic rings. The number of nitrogens with two attached hydrogens (primary N) is 1. The smallest absolute Gasteiger partial charge is 0.411 e. The molecule has 0 heterocycles. The Balaban J connectivity index is 2.85. The number of carboxylic acid groups (broad SMARTS) is 1. The summed E-state index contributed by atoms with van der Waals surface area (Å²) in [7, 11) is -3.25. The first kappa shape index (κ1) is 15.7. The molecule has 1 aromatic carbocycles. The molecule has 19 heavy (non-hydrogen) atoms. The Morgan fingerprint density at radius 1 is 1.42 bits per heavy atom. The Morgan fingerprint density at radius 3 is 2.37 bits per heavy atom. The van der Waals surface area contributed by atoms with Gasteiger partial charge in [0.05, 0.1) is 5.75 Å². The number of sulfone groups is 1. The predicted octanol–water partition coefficient (Wildman–Crippen LogP) is 1.20. The average Bonchev–Trinajstić information content (AvgIpc) is 2.24. The molecule has 0 aromatic heterocycles. The number of carbonyl (C=O) groups is 1. The molecule has 1 rings (SSSR count). The van der Waals surface area contributed by atoms with E-state index in [1.165, 1.54) is 12.1 Å². The number of hydrogen-bond acceptors (Lipinski definition) is 4. The number of hydrogen-bond donors (Lipinski definition) is 2. The van der Waals surface area contributed by atoms with Crippen molar-refractivity contribution in [3.05, 3.63) is 29.3 Å². The van der Waals surface area contributed by atoms with Crippen molar-refractivity contribution in [1.29, 1.82) is 0 Å². The van der Waals surface area contributed by atoms with Gasteiger partial charge in [0.1, 0.15) is 9.84 Å². The first-order chi connectivity index (χ1) is 8.69. The molecule has 8 heteroatoms. The fraction of sp³-hybridized carbons (Fsp3) is 0.364. The van der Waals surface area contributed by atoms with E-state index in [9.17, 15) is 13.2 Å². The van der Waals surface area contributed by atoms with Crippen molar-refractivity contribution >= 4 is 33.2 Å². The minimum absolute atomic E-state index is 0.107. The van der Waals surface area contributed by atoms with Gasteiger partial charge in [-0.2, -0.15) is 0 Å². The van der Waals surface area contributed by atoms with E-state index in [4.69, 9.17) is 22.4 Å². The standard InChI is InChI=1S/C11H15ClN2O4S/c1-19(17,18)7-9(13)6-14(11(15)16)10-4-2-8(12)3-5-10/h2-5,9H,6-7,13H2,1H3,(H,15,16). The molecule has 0 radical (unpaired) electrons. The number of halogens is 1. The molecule has 6 nitrogen and oxygen atoms in total. The zero-order valence-corrected chi connectivity index (χ0v) is 11.9. The minimum Gasteiger partial charge on any atom is -0.465 e. The molecule has 0 spiro atoms. The highest BCUT2D eigenvalue weighted by Crippen LogP contribution is 2.18. The van der Waals surface area contributed by atoms with Gasteiger partial charge in [-0.25, -0.2) is 13.2 Å². The number of amides is 1. The van der Waals surface area contributed by atoms with Crippen LogP contribution in [0.3, 0.4) is 0 Å². The number of rotatable bonds is 5. The van der Waals surface area contributed by atoms with Crippen molar-refractivity contribution in [2.24, 2.45) is 5.73 Å². The van der Waals surface area contributed by atoms with Crippen LogP contribution in [-0.2, 0) is 9.84 Å². The van der Waals surface area contributed by atoms with Crippen LogP contribution in [0.4, 0.5) is 10.5 Å². The molecule has 0 aliphatic rings. The van der Waals surface area contributed by atoms with Crippen LogP contribution in [-0.4, -0.2) is 44.2 Å². The summed E-state index contributed by atoms with van der Waals surface area (Å²) < 4.78 is 22.2. The third kappa shape index (κ3) is 5.46. The first-order valence-corrected chi connectivity index (χ1v) is 7.82. The predicted molar refractivity (Wildman–Crippen MR) is 74.5 cm³/mol. The van der Waals surface area contributed by atoms with Crippen LogP contribution in [0.15, 0.2) is 24.3 Å². The van der Waals surface area contributed by atoms with E-state index in [1.54, 1.807) is 12.1 Å². The van der Waals surface area contributed by atoms with E-state index in [2.05, 4.69) is 0 Å². The lowest BCUT2D eigenvalue weighted by Gasteiger charge is -2.22. The molecule has 0 bridgehead atoms. The van der Waals surface area contributed by atoms with Crippen LogP contribution in [0.5, 0.6) is 0 Å². The van der Waals surface area contributed by atoms with E-state index in [0.717, 1.165) is 11.2 Å². The summed E-state index contributed by atoms with van der Waals surface area (Å²) in [6.07, 6.45) is -0.147. The minimum atomic E-state index is -3.25. The van der Waals surface area contributed by atoms with Crippen molar-refractivity contribution in [3.8, 4) is 0 Å². The second-order valence-corrected chi connectivity index (χ2v) is 6.84. The van der Waals surface area contributed by atoms with Gasteiger partial charge < -0.3 is 10.8 Å². The summed E-state index contributed by atoms with van der Waals surface area (Å²) >= 11 is 5.72. The molecule has 1 unspecified atom stereocenters. The molecule has 0 aliphatic heterocycles. The van der Waals surface area contributed by atoms with Gasteiger partial charge >= 0.3 is 6.09 Å². The molecule has 0 saturated carbocycles. The van der Waals surface area contributed by atoms with E-state index in [1.807, 2.05) is 0 Å². The second-order valence-electron chi connectivity index (χ2n) is 4.22. The van der Waals surface area contributed by atoms with Gasteiger partial charge in [0.25, 0.3) is 0 Å². The Kier molecular flexibility index (Phi) is 5.16. The molecule has 0 fully saturated rings. The highest BCUT2D eigenvalue weighted by Gasteiger charge is 2.20. The van der Waals surface area contributed by atoms with Gasteiger partial charge in [0.15, 0.2) is 0 Å². The lowest BCUT2D eigenvalue weighted by atomic mass is 10.2. The summed E-state index contributed by atoms with van der Waals surface area (Å²) in [5.41, 5.74) is 6.05. The van der Waals surface area contributed by atoms with Crippen LogP contribution in [0.2, 0.25) is 5.02 Å². The van der Waals surface area contributed by atoms with Gasteiger partial charge in [0, 0.05) is 29.6 Å². The molecule has 1 amide bonds. The maximum Gasteiger partial charge on any atom is 0.411 e. The highest BCUT2D eigenvalue weighted by molar-refractivity contribution is 7.90. The Bertz CT molecular complexity index is 544. The van der Waals surface area contributed by atoms with E-state index in [0.29, 0.717) is 10.7 Å². The maximum atomic E-state index is 11.2. The first-order valence-electron chi connectivity index (χ1n) is 5.38. The molecular formula is C11H15ClN2O4S. The van der Waals surface area contributed by atoms with Crippen molar-refractivity contribution < 1.29 is 18.3 Å². The van der Waals surface area contributed by atoms with Crippen LogP contribution < -0.4 is 10.6 Å². The zero-order chi connectivity index (χ0) is 14.6. The Labute approximate surface area is 116 Å². The van der Waals surface area contributed by atoms with Gasteiger partial charge in [-0.1, -0.05) is 11.6 Å². The SMILES string of the molecule is CS(=O)(=O)CC(N)CN(C(=O)O)c1ccc(Cl)cc1. The van der Waals surface area contributed by atoms with Crippen molar-refractivity contribution in [2.75, 3.05) is 23.5 Å². The molecule has 106 valence electrons. The normalized spacial score (nSPS) is 13.0. The van der Waals surface area contributed by atoms with Crippen LogP contribution >= 0.6 is 11.6 Å². The number of benzene rings is 1. The van der Waals surface area contributed by atoms with Gasteiger partial charge in [0.2, 0.25) is 0 Å². The summed E-state index contributed by atoms with van der Waals surface area (Å²) in [5, 5.41) is 9.61. The molecule has 0 aliphatic carbocycles. The molecule has 1 atom stereocenters. The summed E-state index contributed by atoms with van der Waals surface area (Å²) in [6.45, 7) is -0.107. The molecule has 0 saturated heterocycles. The van der Waals surface area contributed by atoms with E-state index < -0.39 is 22.0 Å². The van der Waals surface area contributed by atoms with E-state index in [-0.39, 0.29) is 12.3 Å². The fourth-order valence-electron chi connectivity index (χ4n) is 1.59. The van der Waals surface area contributed by atoms with Gasteiger partial charge in [-0.3, -0.25) is 4.90 Å². The summed E-state index contributed by atoms with van der Waals surface area (Å²) in [4.78, 5) is 12.2. The van der Waals surface area contributed by atoms with Crippen LogP contribution in [0.1, 0.15) is 0 Å². The van der Waals surface area contributed by atoms with Gasteiger partial charge in [-0.15, -0.1) is 0 Å². The second kappa shape index (κ2) is 6.23.